The van der Waals surface area contributed by atoms with Crippen LogP contribution in [-0.2, 0) is 14.3 Å². The Morgan fingerprint density at radius 2 is 1.52 bits per heavy atom. The molecule has 1 unspecified atom stereocenters. The first kappa shape index (κ1) is 24.7. The molecule has 4 heteroatoms. The molecular formula is C21H42O3S. The molecule has 0 rings (SSSR count). The Kier molecular flexibility index (Phi) is 14.6. The summed E-state index contributed by atoms with van der Waals surface area (Å²) in [6, 6.07) is 0. The van der Waals surface area contributed by atoms with Crippen LogP contribution in [0.1, 0.15) is 105 Å². The molecule has 0 aliphatic carbocycles. The Labute approximate surface area is 157 Å². The Balaban J connectivity index is 4.11. The molecule has 0 amide bonds. The van der Waals surface area contributed by atoms with Crippen molar-refractivity contribution in [3.63, 3.8) is 0 Å². The molecule has 0 bridgehead atoms. The summed E-state index contributed by atoms with van der Waals surface area (Å²) in [7, 11) is -3.37. The Hall–Kier alpha value is -0.350. The second-order valence-electron chi connectivity index (χ2n) is 7.89. The molecule has 0 radical (unpaired) electrons. The molecule has 0 aromatic carbocycles. The summed E-state index contributed by atoms with van der Waals surface area (Å²) in [5.74, 6) is 0.483. The highest BCUT2D eigenvalue weighted by Gasteiger charge is 2.18. The molecule has 0 aromatic rings. The van der Waals surface area contributed by atoms with Crippen LogP contribution in [0.4, 0.5) is 0 Å². The van der Waals surface area contributed by atoms with Gasteiger partial charge in [0.25, 0.3) is 10.1 Å². The zero-order chi connectivity index (χ0) is 19.1. The van der Waals surface area contributed by atoms with Gasteiger partial charge in [0.05, 0.1) is 12.4 Å². The van der Waals surface area contributed by atoms with E-state index in [1.807, 2.05) is 0 Å². The maximum Gasteiger partial charge on any atom is 0.264 e. The van der Waals surface area contributed by atoms with Crippen LogP contribution in [0.2, 0.25) is 0 Å². The van der Waals surface area contributed by atoms with Crippen LogP contribution in [0.15, 0.2) is 11.6 Å². The molecule has 0 fully saturated rings. The van der Waals surface area contributed by atoms with Gasteiger partial charge in [-0.2, -0.15) is 8.42 Å². The SMILES string of the molecule is CCCCCCCCCCC(C[C@@H](C)CCC=C(C)C)OS(C)(=O)=O. The topological polar surface area (TPSA) is 43.4 Å². The van der Waals surface area contributed by atoms with Crippen LogP contribution in [-0.4, -0.2) is 20.8 Å². The molecular weight excluding hydrogens is 332 g/mol. The largest absolute Gasteiger partial charge is 0.267 e. The van der Waals surface area contributed by atoms with E-state index in [4.69, 9.17) is 4.18 Å². The van der Waals surface area contributed by atoms with Crippen molar-refractivity contribution >= 4 is 10.1 Å². The average Bonchev–Trinajstić information content (AvgIpc) is 2.47. The fraction of sp³-hybridized carbons (Fsp3) is 0.905. The normalized spacial score (nSPS) is 14.3. The Morgan fingerprint density at radius 1 is 0.960 bits per heavy atom. The lowest BCUT2D eigenvalue weighted by molar-refractivity contribution is 0.164. The molecule has 0 N–H and O–H groups in total. The quantitative estimate of drug-likeness (QED) is 0.173. The summed E-state index contributed by atoms with van der Waals surface area (Å²) in [6.45, 7) is 8.67. The zero-order valence-corrected chi connectivity index (χ0v) is 18.2. The standard InChI is InChI=1S/C21H42O3S/c1-6-7-8-9-10-11-12-13-17-21(24-25(5,22)23)18-20(4)16-14-15-19(2)3/h15,20-21H,6-14,16-18H2,1-5H3/t20-,21?/m0/s1. The lowest BCUT2D eigenvalue weighted by Crippen LogP contribution is -2.20. The van der Waals surface area contributed by atoms with Crippen LogP contribution < -0.4 is 0 Å². The first-order valence-corrected chi connectivity index (χ1v) is 12.1. The van der Waals surface area contributed by atoms with Gasteiger partial charge in [-0.25, -0.2) is 0 Å². The summed E-state index contributed by atoms with van der Waals surface area (Å²) in [5.41, 5.74) is 1.34. The van der Waals surface area contributed by atoms with E-state index in [0.717, 1.165) is 32.1 Å². The highest BCUT2D eigenvalue weighted by molar-refractivity contribution is 7.86. The Bertz CT molecular complexity index is 436. The van der Waals surface area contributed by atoms with Crippen molar-refractivity contribution in [1.29, 1.82) is 0 Å². The predicted molar refractivity (Wildman–Crippen MR) is 109 cm³/mol. The van der Waals surface area contributed by atoms with Gasteiger partial charge in [-0.3, -0.25) is 4.18 Å². The number of hydrogen-bond donors (Lipinski definition) is 0. The summed E-state index contributed by atoms with van der Waals surface area (Å²) >= 11 is 0. The van der Waals surface area contributed by atoms with Crippen LogP contribution in [0.25, 0.3) is 0 Å². The number of hydrogen-bond acceptors (Lipinski definition) is 3. The van der Waals surface area contributed by atoms with Crippen LogP contribution in [0.5, 0.6) is 0 Å². The summed E-state index contributed by atoms with van der Waals surface area (Å²) in [5, 5.41) is 0. The number of rotatable bonds is 16. The van der Waals surface area contributed by atoms with Gasteiger partial charge in [0.2, 0.25) is 0 Å². The number of unbranched alkanes of at least 4 members (excludes halogenated alkanes) is 7. The van der Waals surface area contributed by atoms with Gasteiger partial charge < -0.3 is 0 Å². The Morgan fingerprint density at radius 3 is 2.04 bits per heavy atom. The third-order valence-corrected chi connectivity index (χ3v) is 5.19. The minimum absolute atomic E-state index is 0.156. The molecule has 0 saturated carbocycles. The molecule has 0 aliphatic rings. The average molecular weight is 375 g/mol. The second kappa shape index (κ2) is 14.8. The molecule has 0 saturated heterocycles. The summed E-state index contributed by atoms with van der Waals surface area (Å²) in [6.07, 6.45) is 17.2. The van der Waals surface area contributed by atoms with Crippen LogP contribution >= 0.6 is 0 Å². The third kappa shape index (κ3) is 18.2. The zero-order valence-electron chi connectivity index (χ0n) is 17.4. The van der Waals surface area contributed by atoms with Crippen molar-refractivity contribution in [1.82, 2.24) is 0 Å². The third-order valence-electron chi connectivity index (χ3n) is 4.57. The second-order valence-corrected chi connectivity index (χ2v) is 9.49. The minimum Gasteiger partial charge on any atom is -0.267 e. The monoisotopic (exact) mass is 374 g/mol. The number of allylic oxidation sites excluding steroid dienone is 2. The lowest BCUT2D eigenvalue weighted by atomic mass is 9.95. The first-order valence-electron chi connectivity index (χ1n) is 10.3. The van der Waals surface area contributed by atoms with Gasteiger partial charge >= 0.3 is 0 Å². The van der Waals surface area contributed by atoms with Crippen molar-refractivity contribution in [3.8, 4) is 0 Å². The van der Waals surface area contributed by atoms with Gasteiger partial charge in [-0.1, -0.05) is 76.9 Å². The molecule has 0 aromatic heterocycles. The van der Waals surface area contributed by atoms with Gasteiger partial charge in [0, 0.05) is 0 Å². The molecule has 2 atom stereocenters. The van der Waals surface area contributed by atoms with Gasteiger partial charge in [-0.15, -0.1) is 0 Å². The predicted octanol–water partition coefficient (Wildman–Crippen LogP) is 6.63. The van der Waals surface area contributed by atoms with Crippen molar-refractivity contribution < 1.29 is 12.6 Å². The maximum absolute atomic E-state index is 11.5. The van der Waals surface area contributed by atoms with Gasteiger partial charge in [0.1, 0.15) is 0 Å². The molecule has 0 aliphatic heterocycles. The van der Waals surface area contributed by atoms with E-state index in [9.17, 15) is 8.42 Å². The minimum atomic E-state index is -3.37. The van der Waals surface area contributed by atoms with E-state index in [-0.39, 0.29) is 6.10 Å². The highest BCUT2D eigenvalue weighted by atomic mass is 32.2. The summed E-state index contributed by atoms with van der Waals surface area (Å²) in [4.78, 5) is 0. The fourth-order valence-corrected chi connectivity index (χ4v) is 3.85. The van der Waals surface area contributed by atoms with Crippen molar-refractivity contribution in [2.75, 3.05) is 6.26 Å². The molecule has 0 spiro atoms. The van der Waals surface area contributed by atoms with E-state index >= 15 is 0 Å². The molecule has 150 valence electrons. The lowest BCUT2D eigenvalue weighted by Gasteiger charge is -2.20. The summed E-state index contributed by atoms with van der Waals surface area (Å²) < 4.78 is 28.4. The van der Waals surface area contributed by atoms with Gasteiger partial charge in [-0.05, 0) is 45.4 Å². The smallest absolute Gasteiger partial charge is 0.264 e. The van der Waals surface area contributed by atoms with E-state index in [1.165, 1.54) is 56.8 Å². The van der Waals surface area contributed by atoms with Crippen molar-refractivity contribution in [2.24, 2.45) is 5.92 Å². The molecule has 3 nitrogen and oxygen atoms in total. The molecule has 25 heavy (non-hydrogen) atoms. The maximum atomic E-state index is 11.5. The highest BCUT2D eigenvalue weighted by Crippen LogP contribution is 2.21. The van der Waals surface area contributed by atoms with Gasteiger partial charge in [0.15, 0.2) is 0 Å². The van der Waals surface area contributed by atoms with Crippen molar-refractivity contribution in [3.05, 3.63) is 11.6 Å². The first-order chi connectivity index (χ1) is 11.7. The fourth-order valence-electron chi connectivity index (χ4n) is 3.18. The van der Waals surface area contributed by atoms with E-state index in [2.05, 4.69) is 33.8 Å². The van der Waals surface area contributed by atoms with E-state index in [1.54, 1.807) is 0 Å². The van der Waals surface area contributed by atoms with Crippen LogP contribution in [0, 0.1) is 5.92 Å². The van der Waals surface area contributed by atoms with Crippen molar-refractivity contribution in [2.45, 2.75) is 111 Å². The van der Waals surface area contributed by atoms with E-state index < -0.39 is 10.1 Å². The molecule has 0 heterocycles. The van der Waals surface area contributed by atoms with E-state index in [0.29, 0.717) is 5.92 Å². The van der Waals surface area contributed by atoms with Crippen LogP contribution in [0.3, 0.4) is 0 Å².